The topological polar surface area (TPSA) is 63.0 Å². The van der Waals surface area contributed by atoms with Gasteiger partial charge in [-0.3, -0.25) is 0 Å². The highest BCUT2D eigenvalue weighted by atomic mass is 16.6. The third kappa shape index (κ3) is 3.44. The summed E-state index contributed by atoms with van der Waals surface area (Å²) >= 11 is 0. The van der Waals surface area contributed by atoms with E-state index in [1.807, 2.05) is 51.3 Å². The van der Waals surface area contributed by atoms with Crippen molar-refractivity contribution in [1.82, 2.24) is 19.5 Å². The molecule has 3 heterocycles. The molecule has 0 N–H and O–H groups in total. The first-order chi connectivity index (χ1) is 11.2. The Hall–Kier alpha value is -2.31. The van der Waals surface area contributed by atoms with Crippen LogP contribution in [0.3, 0.4) is 0 Å². The van der Waals surface area contributed by atoms with Crippen molar-refractivity contribution in [3.63, 3.8) is 0 Å². The van der Waals surface area contributed by atoms with Crippen LogP contribution in [0.25, 0.3) is 5.65 Å². The van der Waals surface area contributed by atoms with Gasteiger partial charge in [-0.25, -0.2) is 9.78 Å². The second-order valence-electron chi connectivity index (χ2n) is 7.27. The Labute approximate surface area is 142 Å². The van der Waals surface area contributed by atoms with Gasteiger partial charge in [0.2, 0.25) is 0 Å². The normalized spacial score (nSPS) is 15.9. The van der Waals surface area contributed by atoms with Gasteiger partial charge in [-0.2, -0.15) is 9.61 Å². The summed E-state index contributed by atoms with van der Waals surface area (Å²) in [7, 11) is 0. The second-order valence-corrected chi connectivity index (χ2v) is 7.27. The van der Waals surface area contributed by atoms with Gasteiger partial charge < -0.3 is 14.5 Å². The van der Waals surface area contributed by atoms with Crippen LogP contribution in [0.15, 0.2) is 12.1 Å². The standard InChI is InChI=1S/C17H25N5O2/c1-12-11-15(22-14(18-12)10-13(2)19-22)20-6-8-21(9-7-20)16(23)24-17(3,4)5/h10-11H,6-9H2,1-5H3. The van der Waals surface area contributed by atoms with Crippen molar-refractivity contribution in [3.05, 3.63) is 23.5 Å². The van der Waals surface area contributed by atoms with E-state index in [-0.39, 0.29) is 6.09 Å². The molecular weight excluding hydrogens is 306 g/mol. The summed E-state index contributed by atoms with van der Waals surface area (Å²) in [6.45, 7) is 12.4. The zero-order valence-corrected chi connectivity index (χ0v) is 15.0. The van der Waals surface area contributed by atoms with Crippen molar-refractivity contribution in [2.24, 2.45) is 0 Å². The molecule has 0 spiro atoms. The molecule has 0 unspecified atom stereocenters. The van der Waals surface area contributed by atoms with E-state index < -0.39 is 5.60 Å². The van der Waals surface area contributed by atoms with Crippen LogP contribution in [0, 0.1) is 13.8 Å². The van der Waals surface area contributed by atoms with Crippen molar-refractivity contribution >= 4 is 17.6 Å². The number of hydrogen-bond donors (Lipinski definition) is 0. The lowest BCUT2D eigenvalue weighted by atomic mass is 10.2. The summed E-state index contributed by atoms with van der Waals surface area (Å²) in [5.41, 5.74) is 2.31. The van der Waals surface area contributed by atoms with Crippen molar-refractivity contribution in [3.8, 4) is 0 Å². The molecule has 0 atom stereocenters. The van der Waals surface area contributed by atoms with Crippen molar-refractivity contribution in [1.29, 1.82) is 0 Å². The Kier molecular flexibility index (Phi) is 4.11. The first-order valence-electron chi connectivity index (χ1n) is 8.30. The quantitative estimate of drug-likeness (QED) is 0.803. The summed E-state index contributed by atoms with van der Waals surface area (Å²) < 4.78 is 7.33. The highest BCUT2D eigenvalue weighted by molar-refractivity contribution is 5.68. The van der Waals surface area contributed by atoms with Crippen LogP contribution in [-0.4, -0.2) is 57.4 Å². The minimum absolute atomic E-state index is 0.242. The van der Waals surface area contributed by atoms with Gasteiger partial charge in [0.15, 0.2) is 5.65 Å². The summed E-state index contributed by atoms with van der Waals surface area (Å²) in [4.78, 5) is 20.7. The number of aryl methyl sites for hydroxylation is 2. The number of ether oxygens (including phenoxy) is 1. The lowest BCUT2D eigenvalue weighted by Crippen LogP contribution is -2.50. The maximum Gasteiger partial charge on any atom is 0.410 e. The Morgan fingerprint density at radius 1 is 1.08 bits per heavy atom. The maximum absolute atomic E-state index is 12.2. The van der Waals surface area contributed by atoms with E-state index in [1.165, 1.54) is 0 Å². The van der Waals surface area contributed by atoms with E-state index >= 15 is 0 Å². The molecule has 0 aromatic carbocycles. The number of piperazine rings is 1. The van der Waals surface area contributed by atoms with Gasteiger partial charge in [-0.1, -0.05) is 0 Å². The molecule has 1 aliphatic heterocycles. The van der Waals surface area contributed by atoms with Crippen LogP contribution >= 0.6 is 0 Å². The summed E-state index contributed by atoms with van der Waals surface area (Å²) in [6.07, 6.45) is -0.242. The van der Waals surface area contributed by atoms with Gasteiger partial charge in [0, 0.05) is 44.0 Å². The Balaban J connectivity index is 1.74. The number of anilines is 1. The molecule has 24 heavy (non-hydrogen) atoms. The van der Waals surface area contributed by atoms with E-state index in [2.05, 4.69) is 15.0 Å². The smallest absolute Gasteiger partial charge is 0.410 e. The zero-order valence-electron chi connectivity index (χ0n) is 15.0. The van der Waals surface area contributed by atoms with Crippen LogP contribution in [0.5, 0.6) is 0 Å². The maximum atomic E-state index is 12.2. The van der Waals surface area contributed by atoms with Gasteiger partial charge in [0.1, 0.15) is 11.4 Å². The van der Waals surface area contributed by atoms with Crippen molar-refractivity contribution in [2.75, 3.05) is 31.1 Å². The Morgan fingerprint density at radius 2 is 1.75 bits per heavy atom. The monoisotopic (exact) mass is 331 g/mol. The molecule has 7 heteroatoms. The summed E-state index contributed by atoms with van der Waals surface area (Å²) in [6, 6.07) is 4.02. The van der Waals surface area contributed by atoms with Gasteiger partial charge in [0.25, 0.3) is 0 Å². The third-order valence-electron chi connectivity index (χ3n) is 3.91. The average molecular weight is 331 g/mol. The number of nitrogens with zero attached hydrogens (tertiary/aromatic N) is 5. The Morgan fingerprint density at radius 3 is 2.38 bits per heavy atom. The molecule has 0 bridgehead atoms. The van der Waals surface area contributed by atoms with Crippen molar-refractivity contribution in [2.45, 2.75) is 40.2 Å². The number of rotatable bonds is 1. The largest absolute Gasteiger partial charge is 0.444 e. The highest BCUT2D eigenvalue weighted by Crippen LogP contribution is 2.20. The molecule has 7 nitrogen and oxygen atoms in total. The highest BCUT2D eigenvalue weighted by Gasteiger charge is 2.27. The molecule has 0 saturated carbocycles. The van der Waals surface area contributed by atoms with E-state index in [0.29, 0.717) is 13.1 Å². The average Bonchev–Trinajstić information content (AvgIpc) is 2.84. The number of hydrogen-bond acceptors (Lipinski definition) is 5. The van der Waals surface area contributed by atoms with Gasteiger partial charge in [-0.05, 0) is 34.6 Å². The molecule has 1 fully saturated rings. The number of amides is 1. The molecule has 2 aromatic heterocycles. The van der Waals surface area contributed by atoms with Gasteiger partial charge in [-0.15, -0.1) is 0 Å². The van der Waals surface area contributed by atoms with E-state index in [9.17, 15) is 4.79 Å². The van der Waals surface area contributed by atoms with Crippen molar-refractivity contribution < 1.29 is 9.53 Å². The van der Waals surface area contributed by atoms with Gasteiger partial charge in [0.05, 0.1) is 5.69 Å². The lowest BCUT2D eigenvalue weighted by molar-refractivity contribution is 0.0240. The molecule has 1 amide bonds. The SMILES string of the molecule is Cc1cc(N2CCN(C(=O)OC(C)(C)C)CC2)n2nc(C)cc2n1. The fourth-order valence-corrected chi connectivity index (χ4v) is 2.86. The van der Waals surface area contributed by atoms with Crippen LogP contribution in [-0.2, 0) is 4.74 Å². The molecular formula is C17H25N5O2. The minimum atomic E-state index is -0.463. The first kappa shape index (κ1) is 16.5. The molecule has 1 aliphatic rings. The summed E-state index contributed by atoms with van der Waals surface area (Å²) in [5, 5.41) is 4.54. The first-order valence-corrected chi connectivity index (χ1v) is 8.30. The number of aromatic nitrogens is 3. The third-order valence-corrected chi connectivity index (χ3v) is 3.91. The van der Waals surface area contributed by atoms with Crippen LogP contribution in [0.4, 0.5) is 10.6 Å². The van der Waals surface area contributed by atoms with E-state index in [0.717, 1.165) is 35.9 Å². The number of carbonyl (C=O) groups excluding carboxylic acids is 1. The van der Waals surface area contributed by atoms with Gasteiger partial charge >= 0.3 is 6.09 Å². The fraction of sp³-hybridized carbons (Fsp3) is 0.588. The predicted octanol–water partition coefficient (Wildman–Crippen LogP) is 2.40. The molecule has 130 valence electrons. The predicted molar refractivity (Wildman–Crippen MR) is 92.5 cm³/mol. The number of carbonyl (C=O) groups is 1. The zero-order chi connectivity index (χ0) is 17.5. The van der Waals surface area contributed by atoms with Crippen LogP contribution in [0.2, 0.25) is 0 Å². The lowest BCUT2D eigenvalue weighted by Gasteiger charge is -2.36. The second kappa shape index (κ2) is 5.96. The number of fused-ring (bicyclic) bond motifs is 1. The van der Waals surface area contributed by atoms with E-state index in [4.69, 9.17) is 4.74 Å². The fourth-order valence-electron chi connectivity index (χ4n) is 2.86. The molecule has 3 rings (SSSR count). The minimum Gasteiger partial charge on any atom is -0.444 e. The molecule has 0 aliphatic carbocycles. The van der Waals surface area contributed by atoms with E-state index in [1.54, 1.807) is 4.90 Å². The molecule has 1 saturated heterocycles. The van der Waals surface area contributed by atoms with Crippen LogP contribution in [0.1, 0.15) is 32.2 Å². The summed E-state index contributed by atoms with van der Waals surface area (Å²) in [5.74, 6) is 1.02. The Bertz CT molecular complexity index is 754. The molecule has 0 radical (unpaired) electrons. The molecule has 2 aromatic rings. The van der Waals surface area contributed by atoms with Crippen LogP contribution < -0.4 is 4.90 Å².